The van der Waals surface area contributed by atoms with Crippen LogP contribution in [0.15, 0.2) is 66.9 Å². The van der Waals surface area contributed by atoms with Crippen LogP contribution in [-0.4, -0.2) is 20.5 Å². The Kier molecular flexibility index (Phi) is 5.22. The number of hydrogen-bond donors (Lipinski definition) is 1. The van der Waals surface area contributed by atoms with Gasteiger partial charge in [0.05, 0.1) is 11.9 Å². The summed E-state index contributed by atoms with van der Waals surface area (Å²) in [5.74, 6) is -0.474. The third-order valence-corrected chi connectivity index (χ3v) is 4.80. The lowest BCUT2D eigenvalue weighted by atomic mass is 10.1. The molecule has 0 atom stereocenters. The lowest BCUT2D eigenvalue weighted by Crippen LogP contribution is -2.23. The first-order valence-corrected chi connectivity index (χ1v) is 9.16. The highest BCUT2D eigenvalue weighted by atomic mass is 35.5. The van der Waals surface area contributed by atoms with E-state index in [0.717, 1.165) is 10.1 Å². The van der Waals surface area contributed by atoms with Crippen LogP contribution in [0.5, 0.6) is 0 Å². The van der Waals surface area contributed by atoms with Gasteiger partial charge in [-0.05, 0) is 17.7 Å². The van der Waals surface area contributed by atoms with Crippen molar-refractivity contribution in [2.45, 2.75) is 13.0 Å². The summed E-state index contributed by atoms with van der Waals surface area (Å²) in [4.78, 5) is 17.1. The Morgan fingerprint density at radius 3 is 2.55 bits per heavy atom. The molecule has 0 aliphatic carbocycles. The third-order valence-electron chi connectivity index (χ3n) is 4.43. The molecule has 2 heterocycles. The molecule has 29 heavy (non-hydrogen) atoms. The van der Waals surface area contributed by atoms with Gasteiger partial charge in [-0.25, -0.2) is 18.3 Å². The van der Waals surface area contributed by atoms with Gasteiger partial charge in [-0.1, -0.05) is 60.1 Å². The standard InChI is InChI=1S/C21H15ClF2N4O/c22-16-9-5-4-8-14(16)11-25-21(29)15-12-26-28-18(19(23)24)10-17(27-20(15)28)13-6-2-1-3-7-13/h1-10,12,19H,11H2,(H,25,29). The molecule has 2 aromatic heterocycles. The number of rotatable bonds is 5. The van der Waals surface area contributed by atoms with Gasteiger partial charge >= 0.3 is 0 Å². The first kappa shape index (κ1) is 19.0. The van der Waals surface area contributed by atoms with Gasteiger partial charge in [-0.15, -0.1) is 0 Å². The van der Waals surface area contributed by atoms with E-state index in [0.29, 0.717) is 16.3 Å². The molecule has 0 aliphatic rings. The van der Waals surface area contributed by atoms with Gasteiger partial charge in [-0.2, -0.15) is 5.10 Å². The van der Waals surface area contributed by atoms with Crippen LogP contribution < -0.4 is 5.32 Å². The number of fused-ring (bicyclic) bond motifs is 1. The fraction of sp³-hybridized carbons (Fsp3) is 0.0952. The van der Waals surface area contributed by atoms with E-state index in [9.17, 15) is 13.6 Å². The molecule has 0 saturated carbocycles. The molecule has 0 aliphatic heterocycles. The smallest absolute Gasteiger partial charge is 0.280 e. The van der Waals surface area contributed by atoms with Crippen LogP contribution in [0.1, 0.15) is 28.0 Å². The van der Waals surface area contributed by atoms with Crippen LogP contribution in [0.25, 0.3) is 16.9 Å². The van der Waals surface area contributed by atoms with Crippen LogP contribution >= 0.6 is 11.6 Å². The number of carbonyl (C=O) groups excluding carboxylic acids is 1. The molecule has 0 saturated heterocycles. The summed E-state index contributed by atoms with van der Waals surface area (Å²) in [6.45, 7) is 0.190. The van der Waals surface area contributed by atoms with E-state index < -0.39 is 12.3 Å². The summed E-state index contributed by atoms with van der Waals surface area (Å²) in [6, 6.07) is 17.3. The fourth-order valence-corrected chi connectivity index (χ4v) is 3.17. The second-order valence-corrected chi connectivity index (χ2v) is 6.71. The Morgan fingerprint density at radius 1 is 1.10 bits per heavy atom. The first-order chi connectivity index (χ1) is 14.0. The fourth-order valence-electron chi connectivity index (χ4n) is 2.97. The maximum absolute atomic E-state index is 13.6. The van der Waals surface area contributed by atoms with E-state index in [2.05, 4.69) is 15.4 Å². The van der Waals surface area contributed by atoms with Gasteiger partial charge in [0, 0.05) is 17.1 Å². The Hall–Kier alpha value is -3.32. The predicted molar refractivity (Wildman–Crippen MR) is 106 cm³/mol. The van der Waals surface area contributed by atoms with Gasteiger partial charge in [-0.3, -0.25) is 4.79 Å². The number of alkyl halides is 2. The molecule has 4 aromatic rings. The lowest BCUT2D eigenvalue weighted by Gasteiger charge is -2.09. The average Bonchev–Trinajstić information content (AvgIpc) is 3.17. The largest absolute Gasteiger partial charge is 0.348 e. The molecule has 2 aromatic carbocycles. The maximum Gasteiger partial charge on any atom is 0.280 e. The summed E-state index contributed by atoms with van der Waals surface area (Å²) < 4.78 is 28.2. The minimum atomic E-state index is -2.78. The number of carbonyl (C=O) groups is 1. The minimum Gasteiger partial charge on any atom is -0.348 e. The van der Waals surface area contributed by atoms with Gasteiger partial charge in [0.15, 0.2) is 5.65 Å². The van der Waals surface area contributed by atoms with E-state index >= 15 is 0 Å². The highest BCUT2D eigenvalue weighted by Gasteiger charge is 2.21. The minimum absolute atomic E-state index is 0.0679. The molecule has 1 amide bonds. The van der Waals surface area contributed by atoms with E-state index in [1.165, 1.54) is 12.3 Å². The van der Waals surface area contributed by atoms with Crippen molar-refractivity contribution in [3.05, 3.63) is 88.7 Å². The molecule has 5 nitrogen and oxygen atoms in total. The average molecular weight is 413 g/mol. The SMILES string of the molecule is O=C(NCc1ccccc1Cl)c1cnn2c(C(F)F)cc(-c3ccccc3)nc12. The first-order valence-electron chi connectivity index (χ1n) is 8.78. The lowest BCUT2D eigenvalue weighted by molar-refractivity contribution is 0.0952. The van der Waals surface area contributed by atoms with Crippen LogP contribution in [0.3, 0.4) is 0 Å². The Bertz CT molecular complexity index is 1180. The molecule has 1 N–H and O–H groups in total. The highest BCUT2D eigenvalue weighted by molar-refractivity contribution is 6.31. The van der Waals surface area contributed by atoms with Crippen molar-refractivity contribution in [2.24, 2.45) is 0 Å². The number of nitrogens with zero attached hydrogens (tertiary/aromatic N) is 3. The summed E-state index contributed by atoms with van der Waals surface area (Å²) in [5, 5.41) is 7.22. The zero-order chi connectivity index (χ0) is 20.4. The van der Waals surface area contributed by atoms with Gasteiger partial charge in [0.25, 0.3) is 12.3 Å². The maximum atomic E-state index is 13.6. The van der Waals surface area contributed by atoms with Crippen molar-refractivity contribution >= 4 is 23.2 Å². The van der Waals surface area contributed by atoms with E-state index in [1.807, 2.05) is 12.1 Å². The number of benzene rings is 2. The van der Waals surface area contributed by atoms with Crippen molar-refractivity contribution in [1.29, 1.82) is 0 Å². The number of aromatic nitrogens is 3. The zero-order valence-electron chi connectivity index (χ0n) is 15.0. The highest BCUT2D eigenvalue weighted by Crippen LogP contribution is 2.26. The molecule has 0 unspecified atom stereocenters. The van der Waals surface area contributed by atoms with Crippen LogP contribution in [-0.2, 0) is 6.54 Å². The predicted octanol–water partition coefficient (Wildman–Crippen LogP) is 4.92. The van der Waals surface area contributed by atoms with Crippen LogP contribution in [0.4, 0.5) is 8.78 Å². The van der Waals surface area contributed by atoms with Crippen molar-refractivity contribution in [3.63, 3.8) is 0 Å². The van der Waals surface area contributed by atoms with Gasteiger partial charge in [0.1, 0.15) is 11.3 Å². The van der Waals surface area contributed by atoms with Crippen molar-refractivity contribution in [1.82, 2.24) is 19.9 Å². The van der Waals surface area contributed by atoms with E-state index in [-0.39, 0.29) is 23.4 Å². The molecule has 0 bridgehead atoms. The van der Waals surface area contributed by atoms with E-state index in [4.69, 9.17) is 11.6 Å². The molecular formula is C21H15ClF2N4O. The number of halogens is 3. The Balaban J connectivity index is 1.72. The topological polar surface area (TPSA) is 59.3 Å². The molecule has 146 valence electrons. The van der Waals surface area contributed by atoms with Crippen molar-refractivity contribution in [3.8, 4) is 11.3 Å². The number of nitrogens with one attached hydrogen (secondary N) is 1. The Labute approximate surface area is 170 Å². The summed E-state index contributed by atoms with van der Waals surface area (Å²) >= 11 is 6.11. The summed E-state index contributed by atoms with van der Waals surface area (Å²) in [5.41, 5.74) is 1.59. The normalized spacial score (nSPS) is 11.2. The zero-order valence-corrected chi connectivity index (χ0v) is 15.8. The molecular weight excluding hydrogens is 398 g/mol. The second kappa shape index (κ2) is 7.97. The second-order valence-electron chi connectivity index (χ2n) is 6.30. The van der Waals surface area contributed by atoms with Crippen LogP contribution in [0.2, 0.25) is 5.02 Å². The van der Waals surface area contributed by atoms with Gasteiger partial charge < -0.3 is 5.32 Å². The van der Waals surface area contributed by atoms with Gasteiger partial charge in [0.2, 0.25) is 0 Å². The molecule has 8 heteroatoms. The molecule has 0 spiro atoms. The van der Waals surface area contributed by atoms with Crippen molar-refractivity contribution in [2.75, 3.05) is 0 Å². The number of amides is 1. The number of hydrogen-bond acceptors (Lipinski definition) is 3. The molecule has 0 fully saturated rings. The molecule has 0 radical (unpaired) electrons. The van der Waals surface area contributed by atoms with Crippen molar-refractivity contribution < 1.29 is 13.6 Å². The summed E-state index contributed by atoms with van der Waals surface area (Å²) in [7, 11) is 0. The van der Waals surface area contributed by atoms with Crippen LogP contribution in [0, 0.1) is 0 Å². The van der Waals surface area contributed by atoms with E-state index in [1.54, 1.807) is 42.5 Å². The summed E-state index contributed by atoms with van der Waals surface area (Å²) in [6.07, 6.45) is -1.54. The molecule has 4 rings (SSSR count). The Morgan fingerprint density at radius 2 is 1.83 bits per heavy atom. The third kappa shape index (κ3) is 3.82. The monoisotopic (exact) mass is 412 g/mol. The quantitative estimate of drug-likeness (QED) is 0.506.